The molecule has 2 N–H and O–H groups in total. The van der Waals surface area contributed by atoms with Gasteiger partial charge in [0, 0.05) is 11.0 Å². The fourth-order valence-corrected chi connectivity index (χ4v) is 3.50. The molecule has 0 aliphatic carbocycles. The number of rotatable bonds is 3. The molecular formula is C24H23N3O4. The number of nitrogens with zero attached hydrogens (tertiary/aromatic N) is 1. The molecule has 0 saturated heterocycles. The minimum atomic E-state index is -0.437. The highest BCUT2D eigenvalue weighted by molar-refractivity contribution is 5.92. The van der Waals surface area contributed by atoms with E-state index in [0.29, 0.717) is 22.8 Å². The van der Waals surface area contributed by atoms with E-state index in [1.54, 1.807) is 13.2 Å². The summed E-state index contributed by atoms with van der Waals surface area (Å²) in [6.07, 6.45) is 4.47. The maximum absolute atomic E-state index is 12.8. The second kappa shape index (κ2) is 7.75. The van der Waals surface area contributed by atoms with Crippen molar-refractivity contribution in [1.29, 1.82) is 0 Å². The third kappa shape index (κ3) is 3.94. The Labute approximate surface area is 177 Å². The van der Waals surface area contributed by atoms with E-state index in [1.807, 2.05) is 57.2 Å². The van der Waals surface area contributed by atoms with Crippen molar-refractivity contribution in [3.63, 3.8) is 0 Å². The van der Waals surface area contributed by atoms with Crippen LogP contribution in [0.4, 0.5) is 0 Å². The summed E-state index contributed by atoms with van der Waals surface area (Å²) in [5, 5.41) is 2.15. The molecule has 2 heterocycles. The summed E-state index contributed by atoms with van der Waals surface area (Å²) in [5.41, 5.74) is 0.0502. The Morgan fingerprint density at radius 3 is 2.32 bits per heavy atom. The Hall–Kier alpha value is -3.87. The number of hydrogen-bond acceptors (Lipinski definition) is 5. The maximum atomic E-state index is 12.8. The average Bonchev–Trinajstić information content (AvgIpc) is 3.20. The fraction of sp³-hybridized carbons (Fsp3) is 0.208. The number of oxazole rings is 1. The Morgan fingerprint density at radius 2 is 1.65 bits per heavy atom. The summed E-state index contributed by atoms with van der Waals surface area (Å²) in [7, 11) is 1.57. The quantitative estimate of drug-likeness (QED) is 0.532. The third-order valence-electron chi connectivity index (χ3n) is 4.98. The van der Waals surface area contributed by atoms with Crippen molar-refractivity contribution < 1.29 is 9.15 Å². The summed E-state index contributed by atoms with van der Waals surface area (Å²) in [6.45, 7) is 5.94. The van der Waals surface area contributed by atoms with Gasteiger partial charge in [-0.15, -0.1) is 0 Å². The minimum absolute atomic E-state index is 0.103. The Balaban J connectivity index is 1.92. The third-order valence-corrected chi connectivity index (χ3v) is 4.98. The molecule has 0 spiro atoms. The van der Waals surface area contributed by atoms with Crippen LogP contribution in [0.25, 0.3) is 22.9 Å². The van der Waals surface area contributed by atoms with E-state index >= 15 is 0 Å². The van der Waals surface area contributed by atoms with Gasteiger partial charge >= 0.3 is 0 Å². The van der Waals surface area contributed by atoms with E-state index in [2.05, 4.69) is 15.0 Å². The second-order valence-electron chi connectivity index (χ2n) is 8.24. The molecule has 0 aliphatic heterocycles. The first-order chi connectivity index (χ1) is 14.8. The predicted molar refractivity (Wildman–Crippen MR) is 120 cm³/mol. The highest BCUT2D eigenvalue weighted by Crippen LogP contribution is 2.28. The zero-order valence-corrected chi connectivity index (χ0v) is 17.8. The molecule has 0 fully saturated rings. The SMILES string of the molecule is COc1ccc2ccccc2c1C=c1[nH]c(=O)c(=Cc2ncoc2C(C)(C)C)[nH]c1=O. The van der Waals surface area contributed by atoms with Crippen LogP contribution >= 0.6 is 0 Å². The molecule has 158 valence electrons. The molecule has 0 atom stereocenters. The van der Waals surface area contributed by atoms with Crippen molar-refractivity contribution in [2.75, 3.05) is 7.11 Å². The first-order valence-electron chi connectivity index (χ1n) is 9.83. The monoisotopic (exact) mass is 417 g/mol. The molecule has 2 aromatic carbocycles. The number of methoxy groups -OCH3 is 1. The van der Waals surface area contributed by atoms with Crippen LogP contribution in [-0.2, 0) is 5.41 Å². The smallest absolute Gasteiger partial charge is 0.272 e. The van der Waals surface area contributed by atoms with E-state index < -0.39 is 11.1 Å². The zero-order chi connectivity index (χ0) is 22.2. The van der Waals surface area contributed by atoms with Gasteiger partial charge in [0.2, 0.25) is 0 Å². The molecule has 0 radical (unpaired) electrons. The minimum Gasteiger partial charge on any atom is -0.496 e. The number of ether oxygens (including phenoxy) is 1. The maximum Gasteiger partial charge on any atom is 0.272 e. The van der Waals surface area contributed by atoms with Gasteiger partial charge in [0.1, 0.15) is 27.9 Å². The molecule has 0 amide bonds. The van der Waals surface area contributed by atoms with Crippen LogP contribution in [0.15, 0.2) is 56.8 Å². The van der Waals surface area contributed by atoms with Gasteiger partial charge in [-0.2, -0.15) is 0 Å². The number of aromatic nitrogens is 3. The number of aromatic amines is 2. The van der Waals surface area contributed by atoms with Crippen molar-refractivity contribution in [3.8, 4) is 5.75 Å². The van der Waals surface area contributed by atoms with Crippen molar-refractivity contribution in [2.45, 2.75) is 26.2 Å². The van der Waals surface area contributed by atoms with Crippen molar-refractivity contribution in [2.24, 2.45) is 0 Å². The summed E-state index contributed by atoms with van der Waals surface area (Å²) < 4.78 is 10.9. The molecule has 4 aromatic rings. The average molecular weight is 417 g/mol. The Bertz CT molecular complexity index is 1500. The summed E-state index contributed by atoms with van der Waals surface area (Å²) >= 11 is 0. The van der Waals surface area contributed by atoms with Gasteiger partial charge in [-0.3, -0.25) is 9.59 Å². The van der Waals surface area contributed by atoms with Gasteiger partial charge in [0.05, 0.1) is 7.11 Å². The van der Waals surface area contributed by atoms with Crippen LogP contribution in [0.5, 0.6) is 5.75 Å². The highest BCUT2D eigenvalue weighted by Gasteiger charge is 2.22. The van der Waals surface area contributed by atoms with Gasteiger partial charge in [-0.25, -0.2) is 4.98 Å². The molecule has 2 aromatic heterocycles. The van der Waals surface area contributed by atoms with Gasteiger partial charge in [-0.05, 0) is 29.0 Å². The Kier molecular flexibility index (Phi) is 5.10. The summed E-state index contributed by atoms with van der Waals surface area (Å²) in [4.78, 5) is 35.0. The van der Waals surface area contributed by atoms with Crippen LogP contribution < -0.4 is 26.6 Å². The molecule has 31 heavy (non-hydrogen) atoms. The second-order valence-corrected chi connectivity index (χ2v) is 8.24. The lowest BCUT2D eigenvalue weighted by molar-refractivity contribution is 0.407. The van der Waals surface area contributed by atoms with Gasteiger partial charge < -0.3 is 19.1 Å². The molecule has 0 bridgehead atoms. The number of nitrogens with one attached hydrogen (secondary N) is 2. The molecule has 7 heteroatoms. The Morgan fingerprint density at radius 1 is 0.968 bits per heavy atom. The van der Waals surface area contributed by atoms with Crippen molar-refractivity contribution in [3.05, 3.63) is 91.2 Å². The topological polar surface area (TPSA) is 101 Å². The van der Waals surface area contributed by atoms with Gasteiger partial charge in [0.15, 0.2) is 6.39 Å². The molecule has 7 nitrogen and oxygen atoms in total. The molecular weight excluding hydrogens is 394 g/mol. The number of H-pyrrole nitrogens is 2. The molecule has 0 aliphatic rings. The normalized spacial score (nSPS) is 13.2. The van der Waals surface area contributed by atoms with Crippen LogP contribution in [0.3, 0.4) is 0 Å². The lowest BCUT2D eigenvalue weighted by Crippen LogP contribution is -2.46. The van der Waals surface area contributed by atoms with Crippen LogP contribution in [0.1, 0.15) is 37.8 Å². The predicted octanol–water partition coefficient (Wildman–Crippen LogP) is 2.17. The van der Waals surface area contributed by atoms with Crippen molar-refractivity contribution in [1.82, 2.24) is 15.0 Å². The van der Waals surface area contributed by atoms with E-state index in [9.17, 15) is 9.59 Å². The zero-order valence-electron chi connectivity index (χ0n) is 17.8. The van der Waals surface area contributed by atoms with Gasteiger partial charge in [-0.1, -0.05) is 51.1 Å². The van der Waals surface area contributed by atoms with E-state index in [0.717, 1.165) is 10.8 Å². The first kappa shape index (κ1) is 20.4. The largest absolute Gasteiger partial charge is 0.496 e. The highest BCUT2D eigenvalue weighted by atomic mass is 16.5. The first-order valence-corrected chi connectivity index (χ1v) is 9.83. The number of benzene rings is 2. The van der Waals surface area contributed by atoms with E-state index in [-0.39, 0.29) is 16.1 Å². The molecule has 0 saturated carbocycles. The number of hydrogen-bond donors (Lipinski definition) is 2. The lowest BCUT2D eigenvalue weighted by atomic mass is 9.92. The summed E-state index contributed by atoms with van der Waals surface area (Å²) in [6, 6.07) is 11.5. The fourth-order valence-electron chi connectivity index (χ4n) is 3.50. The van der Waals surface area contributed by atoms with E-state index in [1.165, 1.54) is 12.5 Å². The van der Waals surface area contributed by atoms with Crippen LogP contribution in [0, 0.1) is 0 Å². The summed E-state index contributed by atoms with van der Waals surface area (Å²) in [5.74, 6) is 1.23. The van der Waals surface area contributed by atoms with Crippen molar-refractivity contribution >= 4 is 22.9 Å². The van der Waals surface area contributed by atoms with Crippen LogP contribution in [0.2, 0.25) is 0 Å². The molecule has 4 rings (SSSR count). The van der Waals surface area contributed by atoms with E-state index in [4.69, 9.17) is 9.15 Å². The standard InChI is InChI=1S/C24H23N3O4/c1-24(2,3)21-17(25-13-31-21)12-19-23(29)26-18(22(28)27-19)11-16-15-8-6-5-7-14(15)9-10-20(16)30-4/h5-13H,1-4H3,(H,26,29)(H,27,28). The number of fused-ring (bicyclic) bond motifs is 1. The molecule has 0 unspecified atom stereocenters. The lowest BCUT2D eigenvalue weighted by Gasteiger charge is -2.14. The van der Waals surface area contributed by atoms with Crippen LogP contribution in [-0.4, -0.2) is 22.1 Å². The van der Waals surface area contributed by atoms with Gasteiger partial charge in [0.25, 0.3) is 11.1 Å².